The van der Waals surface area contributed by atoms with Crippen molar-refractivity contribution in [3.63, 3.8) is 0 Å². The summed E-state index contributed by atoms with van der Waals surface area (Å²) in [5.74, 6) is 0. The number of halogens is 2. The Bertz CT molecular complexity index is 368. The molecule has 0 heterocycles. The second-order valence-corrected chi connectivity index (χ2v) is 7.12. The maximum absolute atomic E-state index is 3.70. The first kappa shape index (κ1) is 17.4. The molecule has 0 aromatic heterocycles. The summed E-state index contributed by atoms with van der Waals surface area (Å²) in [5.41, 5.74) is 1.41. The largest absolute Gasteiger partial charge is 0.310 e. The van der Waals surface area contributed by atoms with Gasteiger partial charge in [-0.15, -0.1) is 0 Å². The van der Waals surface area contributed by atoms with Crippen LogP contribution in [0.5, 0.6) is 0 Å². The Morgan fingerprint density at radius 3 is 2.63 bits per heavy atom. The van der Waals surface area contributed by atoms with Crippen molar-refractivity contribution in [1.82, 2.24) is 5.32 Å². The number of rotatable bonds is 9. The Hall–Kier alpha value is 0.390. The van der Waals surface area contributed by atoms with Crippen LogP contribution >= 0.6 is 38.5 Å². The zero-order valence-electron chi connectivity index (χ0n) is 12.0. The van der Waals surface area contributed by atoms with Gasteiger partial charge in [-0.05, 0) is 65.7 Å². The van der Waals surface area contributed by atoms with Crippen LogP contribution in [-0.2, 0) is 0 Å². The molecule has 19 heavy (non-hydrogen) atoms. The summed E-state index contributed by atoms with van der Waals surface area (Å²) in [7, 11) is 0. The monoisotopic (exact) mass is 437 g/mol. The van der Waals surface area contributed by atoms with Crippen molar-refractivity contribution in [2.24, 2.45) is 0 Å². The van der Waals surface area contributed by atoms with Crippen molar-refractivity contribution in [2.75, 3.05) is 6.54 Å². The molecule has 1 N–H and O–H groups in total. The maximum Gasteiger partial charge on any atom is 0.0331 e. The number of hydrogen-bond acceptors (Lipinski definition) is 1. The molecule has 0 spiro atoms. The lowest BCUT2D eigenvalue weighted by molar-refractivity contribution is 0.469. The second-order valence-electron chi connectivity index (χ2n) is 5.02. The Labute approximate surface area is 140 Å². The summed E-state index contributed by atoms with van der Waals surface area (Å²) in [6, 6.07) is 7.12. The molecule has 108 valence electrons. The SMILES string of the molecule is CCCCCCC(NCCC)c1cc(I)ccc1Br. The van der Waals surface area contributed by atoms with Gasteiger partial charge >= 0.3 is 0 Å². The van der Waals surface area contributed by atoms with E-state index in [1.807, 2.05) is 0 Å². The standard InChI is InChI=1S/C16H25BrIN/c1-3-5-6-7-8-16(19-11-4-2)14-12-13(18)9-10-15(14)17/h9-10,12,16,19H,3-8,11H2,1-2H3. The molecule has 1 rings (SSSR count). The molecule has 0 bridgehead atoms. The zero-order chi connectivity index (χ0) is 14.1. The fraction of sp³-hybridized carbons (Fsp3) is 0.625. The van der Waals surface area contributed by atoms with E-state index in [1.165, 1.54) is 52.1 Å². The van der Waals surface area contributed by atoms with Crippen molar-refractivity contribution >= 4 is 38.5 Å². The van der Waals surface area contributed by atoms with Crippen LogP contribution in [0.1, 0.15) is 64.0 Å². The lowest BCUT2D eigenvalue weighted by atomic mass is 10.00. The molecule has 1 unspecified atom stereocenters. The molecular weight excluding hydrogens is 413 g/mol. The van der Waals surface area contributed by atoms with E-state index in [1.54, 1.807) is 0 Å². The van der Waals surface area contributed by atoms with E-state index in [0.29, 0.717) is 6.04 Å². The highest BCUT2D eigenvalue weighted by atomic mass is 127. The highest BCUT2D eigenvalue weighted by molar-refractivity contribution is 14.1. The first-order chi connectivity index (χ1) is 9.19. The van der Waals surface area contributed by atoms with Crippen LogP contribution in [0.15, 0.2) is 22.7 Å². The first-order valence-electron chi connectivity index (χ1n) is 7.37. The first-order valence-corrected chi connectivity index (χ1v) is 9.24. The van der Waals surface area contributed by atoms with Crippen molar-refractivity contribution in [2.45, 2.75) is 58.4 Å². The van der Waals surface area contributed by atoms with Crippen LogP contribution in [0.2, 0.25) is 0 Å². The molecule has 0 saturated heterocycles. The minimum absolute atomic E-state index is 0.487. The minimum Gasteiger partial charge on any atom is -0.310 e. The summed E-state index contributed by atoms with van der Waals surface area (Å²) in [4.78, 5) is 0. The van der Waals surface area contributed by atoms with E-state index < -0.39 is 0 Å². The molecule has 3 heteroatoms. The molecule has 0 saturated carbocycles. The Kier molecular flexibility index (Phi) is 9.33. The van der Waals surface area contributed by atoms with Crippen molar-refractivity contribution in [3.8, 4) is 0 Å². The highest BCUT2D eigenvalue weighted by Gasteiger charge is 2.13. The molecule has 1 nitrogen and oxygen atoms in total. The summed E-state index contributed by atoms with van der Waals surface area (Å²) in [5, 5.41) is 3.70. The lowest BCUT2D eigenvalue weighted by Gasteiger charge is -2.20. The van der Waals surface area contributed by atoms with Gasteiger partial charge in [0, 0.05) is 14.1 Å². The lowest BCUT2D eigenvalue weighted by Crippen LogP contribution is -2.22. The summed E-state index contributed by atoms with van der Waals surface area (Å²) >= 11 is 6.10. The van der Waals surface area contributed by atoms with Crippen LogP contribution in [0, 0.1) is 3.57 Å². The smallest absolute Gasteiger partial charge is 0.0331 e. The van der Waals surface area contributed by atoms with Gasteiger partial charge in [-0.1, -0.05) is 55.5 Å². The molecule has 0 amide bonds. The van der Waals surface area contributed by atoms with Gasteiger partial charge in [0.25, 0.3) is 0 Å². The second kappa shape index (κ2) is 10.2. The zero-order valence-corrected chi connectivity index (χ0v) is 15.8. The molecule has 0 aliphatic heterocycles. The molecule has 1 aromatic rings. The third-order valence-corrected chi connectivity index (χ3v) is 4.71. The van der Waals surface area contributed by atoms with Gasteiger partial charge in [0.05, 0.1) is 0 Å². The third kappa shape index (κ3) is 6.58. The van der Waals surface area contributed by atoms with Gasteiger partial charge in [0.2, 0.25) is 0 Å². The fourth-order valence-electron chi connectivity index (χ4n) is 2.24. The fourth-order valence-corrected chi connectivity index (χ4v) is 3.28. The van der Waals surface area contributed by atoms with E-state index in [4.69, 9.17) is 0 Å². The van der Waals surface area contributed by atoms with Gasteiger partial charge in [-0.3, -0.25) is 0 Å². The minimum atomic E-state index is 0.487. The van der Waals surface area contributed by atoms with Crippen LogP contribution in [-0.4, -0.2) is 6.54 Å². The van der Waals surface area contributed by atoms with Gasteiger partial charge in [-0.2, -0.15) is 0 Å². The van der Waals surface area contributed by atoms with Gasteiger partial charge in [0.1, 0.15) is 0 Å². The average molecular weight is 438 g/mol. The number of benzene rings is 1. The average Bonchev–Trinajstić information content (AvgIpc) is 2.41. The van der Waals surface area contributed by atoms with Crippen molar-refractivity contribution in [1.29, 1.82) is 0 Å². The topological polar surface area (TPSA) is 12.0 Å². The van der Waals surface area contributed by atoms with Crippen LogP contribution in [0.25, 0.3) is 0 Å². The van der Waals surface area contributed by atoms with Crippen molar-refractivity contribution < 1.29 is 0 Å². The Balaban J connectivity index is 2.68. The van der Waals surface area contributed by atoms with Gasteiger partial charge in [0.15, 0.2) is 0 Å². The maximum atomic E-state index is 3.70. The molecule has 1 atom stereocenters. The van der Waals surface area contributed by atoms with Crippen molar-refractivity contribution in [3.05, 3.63) is 31.8 Å². The molecule has 0 radical (unpaired) electrons. The van der Waals surface area contributed by atoms with Crippen LogP contribution in [0.3, 0.4) is 0 Å². The molecule has 1 aromatic carbocycles. The number of nitrogens with one attached hydrogen (secondary N) is 1. The molecule has 0 fully saturated rings. The van der Waals surface area contributed by atoms with E-state index >= 15 is 0 Å². The highest BCUT2D eigenvalue weighted by Crippen LogP contribution is 2.29. The van der Waals surface area contributed by atoms with Crippen LogP contribution in [0.4, 0.5) is 0 Å². The van der Waals surface area contributed by atoms with Gasteiger partial charge < -0.3 is 5.32 Å². The van der Waals surface area contributed by atoms with E-state index in [2.05, 4.69) is 75.9 Å². The Morgan fingerprint density at radius 2 is 1.95 bits per heavy atom. The molecule has 0 aliphatic carbocycles. The molecule has 0 aliphatic rings. The predicted molar refractivity (Wildman–Crippen MR) is 96.7 cm³/mol. The van der Waals surface area contributed by atoms with E-state index in [-0.39, 0.29) is 0 Å². The predicted octanol–water partition coefficient (Wildman–Crippen LogP) is 6.06. The summed E-state index contributed by atoms with van der Waals surface area (Å²) in [6.45, 7) is 5.59. The quantitative estimate of drug-likeness (QED) is 0.365. The normalized spacial score (nSPS) is 12.6. The van der Waals surface area contributed by atoms with Gasteiger partial charge in [-0.25, -0.2) is 0 Å². The molecular formula is C16H25BrIN. The van der Waals surface area contributed by atoms with E-state index in [0.717, 1.165) is 6.54 Å². The Morgan fingerprint density at radius 1 is 1.16 bits per heavy atom. The summed E-state index contributed by atoms with van der Waals surface area (Å²) in [6.07, 6.45) is 7.75. The number of unbranched alkanes of at least 4 members (excludes halogenated alkanes) is 3. The van der Waals surface area contributed by atoms with E-state index in [9.17, 15) is 0 Å². The summed E-state index contributed by atoms with van der Waals surface area (Å²) < 4.78 is 2.55. The third-order valence-electron chi connectivity index (χ3n) is 3.32. The van der Waals surface area contributed by atoms with Crippen LogP contribution < -0.4 is 5.32 Å². The number of hydrogen-bond donors (Lipinski definition) is 1.